The molecule has 0 amide bonds. The molecule has 96 valence electrons. The monoisotopic (exact) mass is 244 g/mol. The molecule has 3 aliphatic rings. The van der Waals surface area contributed by atoms with Gasteiger partial charge < -0.3 is 0 Å². The Morgan fingerprint density at radius 3 is 2.11 bits per heavy atom. The molecular formula is C14H20N4. The van der Waals surface area contributed by atoms with E-state index in [1.807, 2.05) is 0 Å². The first kappa shape index (κ1) is 12.0. The van der Waals surface area contributed by atoms with Gasteiger partial charge in [-0.15, -0.1) is 0 Å². The van der Waals surface area contributed by atoms with E-state index < -0.39 is 11.1 Å². The maximum Gasteiger partial charge on any atom is 0.126 e. The van der Waals surface area contributed by atoms with E-state index >= 15 is 0 Å². The highest BCUT2D eigenvalue weighted by atomic mass is 15.5. The van der Waals surface area contributed by atoms with Gasteiger partial charge in [0.15, 0.2) is 0 Å². The second-order valence-corrected chi connectivity index (χ2v) is 6.21. The van der Waals surface area contributed by atoms with Crippen LogP contribution >= 0.6 is 0 Å². The fourth-order valence-corrected chi connectivity index (χ4v) is 4.65. The van der Waals surface area contributed by atoms with Crippen molar-refractivity contribution in [1.82, 2.24) is 5.01 Å². The van der Waals surface area contributed by atoms with Crippen LogP contribution in [0.25, 0.3) is 0 Å². The predicted octanol–water partition coefficient (Wildman–Crippen LogP) is 2.08. The van der Waals surface area contributed by atoms with E-state index in [0.717, 1.165) is 44.9 Å². The molecule has 1 saturated heterocycles. The van der Waals surface area contributed by atoms with Gasteiger partial charge in [-0.3, -0.25) is 5.84 Å². The summed E-state index contributed by atoms with van der Waals surface area (Å²) in [5.41, 5.74) is -1.14. The van der Waals surface area contributed by atoms with Crippen LogP contribution in [0.15, 0.2) is 0 Å². The summed E-state index contributed by atoms with van der Waals surface area (Å²) in [5, 5.41) is 21.0. The zero-order valence-electron chi connectivity index (χ0n) is 10.7. The lowest BCUT2D eigenvalue weighted by molar-refractivity contribution is -0.0864. The van der Waals surface area contributed by atoms with E-state index in [0.29, 0.717) is 11.8 Å². The van der Waals surface area contributed by atoms with Crippen molar-refractivity contribution in [2.45, 2.75) is 62.4 Å². The van der Waals surface area contributed by atoms with Crippen LogP contribution in [0.4, 0.5) is 0 Å². The zero-order chi connectivity index (χ0) is 12.8. The fourth-order valence-electron chi connectivity index (χ4n) is 4.65. The molecule has 1 aliphatic heterocycles. The van der Waals surface area contributed by atoms with Crippen molar-refractivity contribution < 1.29 is 0 Å². The lowest BCUT2D eigenvalue weighted by Gasteiger charge is -2.56. The van der Waals surface area contributed by atoms with Gasteiger partial charge >= 0.3 is 0 Å². The van der Waals surface area contributed by atoms with Crippen molar-refractivity contribution in [3.05, 3.63) is 0 Å². The van der Waals surface area contributed by atoms with E-state index in [-0.39, 0.29) is 0 Å². The maximum atomic E-state index is 9.70. The first-order valence-electron chi connectivity index (χ1n) is 7.07. The number of nitrogens with zero attached hydrogens (tertiary/aromatic N) is 3. The van der Waals surface area contributed by atoms with Crippen molar-refractivity contribution in [1.29, 1.82) is 10.5 Å². The Bertz CT molecular complexity index is 434. The first-order chi connectivity index (χ1) is 8.69. The molecule has 0 aromatic heterocycles. The van der Waals surface area contributed by atoms with Crippen molar-refractivity contribution in [2.75, 3.05) is 0 Å². The van der Waals surface area contributed by atoms with Crippen LogP contribution in [0, 0.1) is 34.5 Å². The molecule has 18 heavy (non-hydrogen) atoms. The molecule has 4 atom stereocenters. The van der Waals surface area contributed by atoms with E-state index in [1.54, 1.807) is 5.01 Å². The minimum absolute atomic E-state index is 0.367. The summed E-state index contributed by atoms with van der Waals surface area (Å²) in [4.78, 5) is 0. The third kappa shape index (κ3) is 1.25. The summed E-state index contributed by atoms with van der Waals surface area (Å²) >= 11 is 0. The third-order valence-electron chi connectivity index (χ3n) is 5.64. The van der Waals surface area contributed by atoms with Gasteiger partial charge in [0, 0.05) is 0 Å². The highest BCUT2D eigenvalue weighted by Crippen LogP contribution is 2.55. The molecule has 0 unspecified atom stereocenters. The van der Waals surface area contributed by atoms with Gasteiger partial charge in [-0.2, -0.15) is 10.5 Å². The number of nitriles is 2. The lowest BCUT2D eigenvalue weighted by atomic mass is 9.62. The average Bonchev–Trinajstić information content (AvgIpc) is 2.83. The molecule has 2 N–H and O–H groups in total. The van der Waals surface area contributed by atoms with Gasteiger partial charge in [-0.25, -0.2) is 5.01 Å². The van der Waals surface area contributed by atoms with Crippen molar-refractivity contribution in [2.24, 2.45) is 17.7 Å². The number of hydrazine groups is 1. The van der Waals surface area contributed by atoms with Gasteiger partial charge in [0.2, 0.25) is 0 Å². The largest absolute Gasteiger partial charge is 0.266 e. The minimum atomic E-state index is -0.575. The molecule has 0 aromatic rings. The topological polar surface area (TPSA) is 76.8 Å². The average molecular weight is 244 g/mol. The molecule has 0 bridgehead atoms. The minimum Gasteiger partial charge on any atom is -0.266 e. The lowest BCUT2D eigenvalue weighted by Crippen LogP contribution is -2.71. The molecule has 0 spiro atoms. The second-order valence-electron chi connectivity index (χ2n) is 6.21. The highest BCUT2D eigenvalue weighted by Gasteiger charge is 2.62. The quantitative estimate of drug-likeness (QED) is 0.662. The van der Waals surface area contributed by atoms with Crippen LogP contribution in [0.2, 0.25) is 0 Å². The summed E-state index contributed by atoms with van der Waals surface area (Å²) in [5.74, 6) is 7.09. The van der Waals surface area contributed by atoms with Crippen LogP contribution in [0.1, 0.15) is 51.4 Å². The smallest absolute Gasteiger partial charge is 0.126 e. The van der Waals surface area contributed by atoms with E-state index in [9.17, 15) is 10.5 Å². The summed E-state index contributed by atoms with van der Waals surface area (Å²) in [6.07, 6.45) is 8.22. The summed E-state index contributed by atoms with van der Waals surface area (Å²) in [6.45, 7) is 0. The fraction of sp³-hybridized carbons (Fsp3) is 0.857. The Morgan fingerprint density at radius 1 is 0.944 bits per heavy atom. The predicted molar refractivity (Wildman–Crippen MR) is 66.6 cm³/mol. The number of hydrogen-bond acceptors (Lipinski definition) is 4. The van der Waals surface area contributed by atoms with Crippen molar-refractivity contribution >= 4 is 0 Å². The van der Waals surface area contributed by atoms with Crippen LogP contribution < -0.4 is 5.84 Å². The van der Waals surface area contributed by atoms with Crippen LogP contribution in [0.5, 0.6) is 0 Å². The van der Waals surface area contributed by atoms with Gasteiger partial charge in [-0.1, -0.05) is 19.3 Å². The Morgan fingerprint density at radius 2 is 1.50 bits per heavy atom. The molecule has 2 aliphatic carbocycles. The molecular weight excluding hydrogens is 224 g/mol. The Balaban J connectivity index is 2.05. The Kier molecular flexibility index (Phi) is 2.62. The second kappa shape index (κ2) is 3.95. The zero-order valence-corrected chi connectivity index (χ0v) is 10.7. The molecule has 1 heterocycles. The summed E-state index contributed by atoms with van der Waals surface area (Å²) in [6, 6.07) is 4.96. The molecule has 0 aromatic carbocycles. The Labute approximate surface area is 108 Å². The van der Waals surface area contributed by atoms with Crippen LogP contribution in [0.3, 0.4) is 0 Å². The van der Waals surface area contributed by atoms with Crippen LogP contribution in [-0.4, -0.2) is 16.1 Å². The number of piperidine rings is 1. The molecule has 3 rings (SSSR count). The number of rotatable bonds is 0. The molecule has 4 nitrogen and oxygen atoms in total. The molecule has 4 heteroatoms. The van der Waals surface area contributed by atoms with Crippen LogP contribution in [-0.2, 0) is 0 Å². The maximum absolute atomic E-state index is 9.70. The molecule has 0 radical (unpaired) electrons. The third-order valence-corrected chi connectivity index (χ3v) is 5.64. The van der Waals surface area contributed by atoms with Gasteiger partial charge in [0.1, 0.15) is 11.1 Å². The summed E-state index contributed by atoms with van der Waals surface area (Å²) in [7, 11) is 0. The van der Waals surface area contributed by atoms with E-state index in [1.165, 1.54) is 6.42 Å². The number of hydrogen-bond donors (Lipinski definition) is 1. The van der Waals surface area contributed by atoms with E-state index in [4.69, 9.17) is 5.84 Å². The van der Waals surface area contributed by atoms with Crippen molar-refractivity contribution in [3.63, 3.8) is 0 Å². The van der Waals surface area contributed by atoms with Crippen molar-refractivity contribution in [3.8, 4) is 12.1 Å². The Hall–Kier alpha value is -1.10. The van der Waals surface area contributed by atoms with Gasteiger partial charge in [-0.05, 0) is 43.9 Å². The number of nitrogens with two attached hydrogens (primary N) is 1. The molecule has 2 saturated carbocycles. The SMILES string of the molecule is N#C[C@@]12CCC[C@@H]1C[C@@H]1CCCC[C@@]1(C#N)N2N. The first-order valence-corrected chi connectivity index (χ1v) is 7.07. The standard InChI is InChI=1S/C14H20N4/c15-9-13-6-2-1-4-11(13)8-12-5-3-7-14(12,10-16)18(13)17/h11-12H,1-8,17H2/t11-,12+,13-,14-/m0/s1. The highest BCUT2D eigenvalue weighted by molar-refractivity contribution is 5.26. The van der Waals surface area contributed by atoms with Gasteiger partial charge in [0.05, 0.1) is 12.1 Å². The van der Waals surface area contributed by atoms with E-state index in [2.05, 4.69) is 12.1 Å². The normalized spacial score (nSPS) is 47.7. The molecule has 3 fully saturated rings. The summed E-state index contributed by atoms with van der Waals surface area (Å²) < 4.78 is 0. The number of fused-ring (bicyclic) bond motifs is 2. The van der Waals surface area contributed by atoms with Gasteiger partial charge in [0.25, 0.3) is 0 Å².